The molecule has 3 aliphatic rings. The molecule has 1 N–H and O–H groups in total. The minimum atomic E-state index is -3.07. The Morgan fingerprint density at radius 1 is 1.21 bits per heavy atom. The summed E-state index contributed by atoms with van der Waals surface area (Å²) >= 11 is 6.17. The number of amides is 1. The lowest BCUT2D eigenvalue weighted by Gasteiger charge is -2.14. The Balaban J connectivity index is 1.44. The number of anilines is 1. The fourth-order valence-electron chi connectivity index (χ4n) is 3.62. The Labute approximate surface area is 166 Å². The van der Waals surface area contributed by atoms with E-state index in [9.17, 15) is 13.2 Å². The minimum Gasteiger partial charge on any atom is -0.454 e. The van der Waals surface area contributed by atoms with E-state index < -0.39 is 9.84 Å². The monoisotopic (exact) mass is 423 g/mol. The molecule has 2 aliphatic heterocycles. The van der Waals surface area contributed by atoms with Crippen LogP contribution >= 0.6 is 11.6 Å². The number of fused-ring (bicyclic) bond motifs is 1. The van der Waals surface area contributed by atoms with Gasteiger partial charge < -0.3 is 14.8 Å². The summed E-state index contributed by atoms with van der Waals surface area (Å²) in [6, 6.07) is 4.67. The van der Waals surface area contributed by atoms with E-state index in [0.717, 1.165) is 18.5 Å². The van der Waals surface area contributed by atoms with Gasteiger partial charge in [-0.3, -0.25) is 4.79 Å². The highest BCUT2D eigenvalue weighted by Gasteiger charge is 2.34. The highest BCUT2D eigenvalue weighted by atomic mass is 35.5. The smallest absolute Gasteiger partial charge is 0.257 e. The van der Waals surface area contributed by atoms with Crippen molar-refractivity contribution in [2.24, 2.45) is 0 Å². The van der Waals surface area contributed by atoms with Crippen LogP contribution in [0.5, 0.6) is 11.5 Å². The van der Waals surface area contributed by atoms with Gasteiger partial charge in [-0.25, -0.2) is 13.1 Å². The molecule has 1 aliphatic carbocycles. The van der Waals surface area contributed by atoms with Gasteiger partial charge >= 0.3 is 0 Å². The topological polar surface area (TPSA) is 99.5 Å². The van der Waals surface area contributed by atoms with Crippen molar-refractivity contribution >= 4 is 33.2 Å². The number of carbonyl (C=O) groups is 1. The van der Waals surface area contributed by atoms with Crippen molar-refractivity contribution in [1.82, 2.24) is 9.78 Å². The summed E-state index contributed by atoms with van der Waals surface area (Å²) in [5.41, 5.74) is 1.22. The molecule has 1 saturated heterocycles. The number of sulfone groups is 1. The molecule has 0 unspecified atom stereocenters. The Morgan fingerprint density at radius 3 is 2.75 bits per heavy atom. The van der Waals surface area contributed by atoms with Gasteiger partial charge in [-0.2, -0.15) is 5.10 Å². The number of halogens is 1. The summed E-state index contributed by atoms with van der Waals surface area (Å²) in [5.74, 6) is 1.54. The van der Waals surface area contributed by atoms with E-state index in [1.807, 2.05) is 6.07 Å². The molecule has 2 fully saturated rings. The molecule has 0 bridgehead atoms. The fraction of sp³-hybridized carbons (Fsp3) is 0.444. The standard InChI is InChI=1S/C18H18ClN3O5S/c19-13-5-11(6-15-17(13)27-9-26-15)18(23)20-16-7-14(10-1-2-10)21-22(16)12-3-4-28(24,25)8-12/h5-7,10,12H,1-4,8-9H2,(H,20,23)/t12-/m0/s1. The number of rotatable bonds is 4. The van der Waals surface area contributed by atoms with Crippen LogP contribution in [0.15, 0.2) is 18.2 Å². The predicted molar refractivity (Wildman–Crippen MR) is 102 cm³/mol. The average Bonchev–Trinajstić information content (AvgIpc) is 3.07. The fourth-order valence-corrected chi connectivity index (χ4v) is 5.58. The molecular formula is C18H18ClN3O5S. The quantitative estimate of drug-likeness (QED) is 0.811. The minimum absolute atomic E-state index is 0.0392. The second-order valence-corrected chi connectivity index (χ2v) is 10.0. The number of benzene rings is 1. The number of nitrogens with zero attached hydrogens (tertiary/aromatic N) is 2. The first-order valence-corrected chi connectivity index (χ1v) is 11.3. The predicted octanol–water partition coefficient (Wildman–Crippen LogP) is 2.75. The zero-order valence-corrected chi connectivity index (χ0v) is 16.4. The lowest BCUT2D eigenvalue weighted by Crippen LogP contribution is -2.19. The van der Waals surface area contributed by atoms with Crippen LogP contribution in [-0.4, -0.2) is 42.4 Å². The van der Waals surface area contributed by atoms with Crippen LogP contribution in [0, 0.1) is 0 Å². The van der Waals surface area contributed by atoms with Crippen LogP contribution in [0.1, 0.15) is 47.3 Å². The molecule has 2 aromatic rings. The summed E-state index contributed by atoms with van der Waals surface area (Å²) < 4.78 is 36.0. The maximum atomic E-state index is 12.8. The van der Waals surface area contributed by atoms with Gasteiger partial charge in [0, 0.05) is 17.5 Å². The van der Waals surface area contributed by atoms with Crippen molar-refractivity contribution in [3.63, 3.8) is 0 Å². The van der Waals surface area contributed by atoms with Gasteiger partial charge in [0.2, 0.25) is 6.79 Å². The van der Waals surface area contributed by atoms with Crippen LogP contribution in [0.25, 0.3) is 0 Å². The number of hydrogen-bond donors (Lipinski definition) is 1. The van der Waals surface area contributed by atoms with E-state index in [1.165, 1.54) is 6.07 Å². The number of nitrogens with one attached hydrogen (secondary N) is 1. The van der Waals surface area contributed by atoms with Crippen LogP contribution in [0.2, 0.25) is 5.02 Å². The van der Waals surface area contributed by atoms with Gasteiger partial charge in [-0.05, 0) is 31.4 Å². The molecule has 28 heavy (non-hydrogen) atoms. The zero-order valence-electron chi connectivity index (χ0n) is 14.9. The van der Waals surface area contributed by atoms with Gasteiger partial charge in [0.15, 0.2) is 21.3 Å². The van der Waals surface area contributed by atoms with Crippen molar-refractivity contribution in [3.8, 4) is 11.5 Å². The van der Waals surface area contributed by atoms with Crippen LogP contribution in [0.3, 0.4) is 0 Å². The Hall–Kier alpha value is -2.26. The summed E-state index contributed by atoms with van der Waals surface area (Å²) in [6.45, 7) is 0.0633. The van der Waals surface area contributed by atoms with Crippen molar-refractivity contribution in [3.05, 3.63) is 34.5 Å². The van der Waals surface area contributed by atoms with Crippen molar-refractivity contribution in [2.45, 2.75) is 31.2 Å². The molecule has 1 amide bonds. The Kier molecular flexibility index (Phi) is 4.06. The molecule has 0 radical (unpaired) electrons. The third kappa shape index (κ3) is 3.22. The second-order valence-electron chi connectivity index (χ2n) is 7.38. The van der Waals surface area contributed by atoms with Gasteiger partial charge in [0.25, 0.3) is 5.91 Å². The Bertz CT molecular complexity index is 1080. The molecule has 3 heterocycles. The molecule has 1 aromatic carbocycles. The average molecular weight is 424 g/mol. The largest absolute Gasteiger partial charge is 0.454 e. The van der Waals surface area contributed by atoms with Crippen molar-refractivity contribution in [2.75, 3.05) is 23.6 Å². The van der Waals surface area contributed by atoms with Crippen LogP contribution < -0.4 is 14.8 Å². The second kappa shape index (κ2) is 6.38. The van der Waals surface area contributed by atoms with E-state index in [1.54, 1.807) is 10.7 Å². The first kappa shape index (κ1) is 17.8. The summed E-state index contributed by atoms with van der Waals surface area (Å²) in [6.07, 6.45) is 2.61. The molecule has 0 spiro atoms. The van der Waals surface area contributed by atoms with E-state index in [2.05, 4.69) is 10.4 Å². The lowest BCUT2D eigenvalue weighted by atomic mass is 10.2. The number of carbonyl (C=O) groups excluding carboxylic acids is 1. The van der Waals surface area contributed by atoms with E-state index >= 15 is 0 Å². The van der Waals surface area contributed by atoms with Crippen molar-refractivity contribution < 1.29 is 22.7 Å². The lowest BCUT2D eigenvalue weighted by molar-refractivity contribution is 0.102. The molecule has 1 aromatic heterocycles. The highest BCUT2D eigenvalue weighted by molar-refractivity contribution is 7.91. The maximum Gasteiger partial charge on any atom is 0.257 e. The van der Waals surface area contributed by atoms with Gasteiger partial charge in [0.05, 0.1) is 28.3 Å². The molecule has 148 valence electrons. The van der Waals surface area contributed by atoms with Gasteiger partial charge in [0.1, 0.15) is 5.82 Å². The molecule has 1 atom stereocenters. The SMILES string of the molecule is O=C(Nc1cc(C2CC2)nn1[C@H]1CCS(=O)(=O)C1)c1cc(Cl)c2c(c1)OCO2. The molecule has 10 heteroatoms. The third-order valence-electron chi connectivity index (χ3n) is 5.24. The first-order chi connectivity index (χ1) is 13.4. The van der Waals surface area contributed by atoms with E-state index in [0.29, 0.717) is 40.2 Å². The van der Waals surface area contributed by atoms with Crippen LogP contribution in [0.4, 0.5) is 5.82 Å². The highest BCUT2D eigenvalue weighted by Crippen LogP contribution is 2.42. The summed E-state index contributed by atoms with van der Waals surface area (Å²) in [7, 11) is -3.07. The third-order valence-corrected chi connectivity index (χ3v) is 7.27. The normalized spacial score (nSPS) is 22.4. The maximum absolute atomic E-state index is 12.8. The molecular weight excluding hydrogens is 406 g/mol. The van der Waals surface area contributed by atoms with Gasteiger partial charge in [-0.1, -0.05) is 11.6 Å². The Morgan fingerprint density at radius 2 is 2.04 bits per heavy atom. The number of hydrogen-bond acceptors (Lipinski definition) is 6. The van der Waals surface area contributed by atoms with Crippen LogP contribution in [-0.2, 0) is 9.84 Å². The number of aromatic nitrogens is 2. The van der Waals surface area contributed by atoms with Crippen molar-refractivity contribution in [1.29, 1.82) is 0 Å². The molecule has 1 saturated carbocycles. The van der Waals surface area contributed by atoms with E-state index in [-0.39, 0.29) is 30.2 Å². The molecule has 5 rings (SSSR count). The zero-order chi connectivity index (χ0) is 19.5. The molecule has 8 nitrogen and oxygen atoms in total. The first-order valence-electron chi connectivity index (χ1n) is 9.10. The van der Waals surface area contributed by atoms with E-state index in [4.69, 9.17) is 21.1 Å². The summed E-state index contributed by atoms with van der Waals surface area (Å²) in [5, 5.41) is 7.77. The number of ether oxygens (including phenoxy) is 2. The van der Waals surface area contributed by atoms with Gasteiger partial charge in [-0.15, -0.1) is 0 Å². The summed E-state index contributed by atoms with van der Waals surface area (Å²) in [4.78, 5) is 12.8.